The summed E-state index contributed by atoms with van der Waals surface area (Å²) >= 11 is 0. The number of anilines is 1. The van der Waals surface area contributed by atoms with Gasteiger partial charge in [-0.2, -0.15) is 0 Å². The largest absolute Gasteiger partial charge is 0.363 e. The Kier molecular flexibility index (Phi) is 6.09. The van der Waals surface area contributed by atoms with Crippen molar-refractivity contribution in [1.29, 1.82) is 0 Å². The van der Waals surface area contributed by atoms with E-state index in [-0.39, 0.29) is 11.9 Å². The lowest BCUT2D eigenvalue weighted by Gasteiger charge is -2.21. The molecule has 1 atom stereocenters. The third kappa shape index (κ3) is 5.28. The van der Waals surface area contributed by atoms with Crippen LogP contribution in [0, 0.1) is 6.92 Å². The Morgan fingerprint density at radius 2 is 2.04 bits per heavy atom. The number of aryl methyl sites for hydroxylation is 1. The number of carbonyl (C=O) groups is 1. The molecule has 1 unspecified atom stereocenters. The quantitative estimate of drug-likeness (QED) is 0.769. The van der Waals surface area contributed by atoms with E-state index < -0.39 is 0 Å². The minimum absolute atomic E-state index is 0.0825. The topological polar surface area (TPSA) is 58.1 Å². The minimum atomic E-state index is -0.0825. The summed E-state index contributed by atoms with van der Waals surface area (Å²) in [6.45, 7) is 4.10. The van der Waals surface area contributed by atoms with Crippen molar-refractivity contribution in [3.05, 3.63) is 53.0 Å². The SMILES string of the molecule is CCCC(=O)NC(Cc1cc(N(C)C)nc(C2CC2)n1)c1cccc(C)c1. The van der Waals surface area contributed by atoms with Crippen LogP contribution in [0.4, 0.5) is 5.82 Å². The first-order chi connectivity index (χ1) is 13.0. The molecule has 0 aliphatic heterocycles. The highest BCUT2D eigenvalue weighted by atomic mass is 16.1. The van der Waals surface area contributed by atoms with Gasteiger partial charge >= 0.3 is 0 Å². The summed E-state index contributed by atoms with van der Waals surface area (Å²) in [4.78, 5) is 23.9. The molecule has 0 saturated heterocycles. The van der Waals surface area contributed by atoms with Gasteiger partial charge in [0.2, 0.25) is 5.91 Å². The van der Waals surface area contributed by atoms with E-state index in [2.05, 4.69) is 30.4 Å². The van der Waals surface area contributed by atoms with E-state index in [0.29, 0.717) is 18.8 Å². The number of nitrogens with one attached hydrogen (secondary N) is 1. The predicted octanol–water partition coefficient (Wildman–Crippen LogP) is 3.93. The summed E-state index contributed by atoms with van der Waals surface area (Å²) in [6, 6.07) is 10.3. The summed E-state index contributed by atoms with van der Waals surface area (Å²) in [5.74, 6) is 2.47. The van der Waals surface area contributed by atoms with Crippen molar-refractivity contribution in [2.24, 2.45) is 0 Å². The standard InChI is InChI=1S/C22H30N4O/c1-5-7-21(27)24-19(17-9-6-8-15(2)12-17)13-18-14-20(26(3)4)25-22(23-18)16-10-11-16/h6,8-9,12,14,16,19H,5,7,10-11,13H2,1-4H3,(H,24,27). The van der Waals surface area contributed by atoms with Crippen LogP contribution in [0.2, 0.25) is 0 Å². The maximum atomic E-state index is 12.3. The Morgan fingerprint density at radius 3 is 2.67 bits per heavy atom. The summed E-state index contributed by atoms with van der Waals surface area (Å²) in [7, 11) is 4.01. The van der Waals surface area contributed by atoms with Gasteiger partial charge in [-0.15, -0.1) is 0 Å². The molecule has 1 aromatic carbocycles. The fraction of sp³-hybridized carbons (Fsp3) is 0.500. The third-order valence-electron chi connectivity index (χ3n) is 4.85. The van der Waals surface area contributed by atoms with Crippen molar-refractivity contribution in [3.8, 4) is 0 Å². The van der Waals surface area contributed by atoms with Crippen molar-refractivity contribution < 1.29 is 4.79 Å². The molecule has 5 heteroatoms. The third-order valence-corrected chi connectivity index (χ3v) is 4.85. The molecule has 1 fully saturated rings. The molecule has 1 aliphatic rings. The molecule has 1 amide bonds. The van der Waals surface area contributed by atoms with E-state index in [9.17, 15) is 4.79 Å². The van der Waals surface area contributed by atoms with Gasteiger partial charge in [-0.1, -0.05) is 36.8 Å². The first-order valence-electron chi connectivity index (χ1n) is 9.87. The first kappa shape index (κ1) is 19.3. The molecule has 1 aliphatic carbocycles. The van der Waals surface area contributed by atoms with E-state index in [4.69, 9.17) is 9.97 Å². The van der Waals surface area contributed by atoms with Gasteiger partial charge in [0, 0.05) is 44.6 Å². The molecule has 0 bridgehead atoms. The Balaban J connectivity index is 1.89. The molecule has 5 nitrogen and oxygen atoms in total. The minimum Gasteiger partial charge on any atom is -0.363 e. The zero-order valence-corrected chi connectivity index (χ0v) is 16.8. The highest BCUT2D eigenvalue weighted by Crippen LogP contribution is 2.38. The monoisotopic (exact) mass is 366 g/mol. The molecule has 2 aromatic rings. The zero-order chi connectivity index (χ0) is 19.4. The van der Waals surface area contributed by atoms with Crippen molar-refractivity contribution in [1.82, 2.24) is 15.3 Å². The predicted molar refractivity (Wildman–Crippen MR) is 109 cm³/mol. The van der Waals surface area contributed by atoms with Gasteiger partial charge in [0.1, 0.15) is 11.6 Å². The maximum absolute atomic E-state index is 12.3. The molecule has 1 aromatic heterocycles. The summed E-state index contributed by atoms with van der Waals surface area (Å²) in [5, 5.41) is 3.21. The molecule has 1 saturated carbocycles. The summed E-state index contributed by atoms with van der Waals surface area (Å²) in [5.41, 5.74) is 3.30. The molecular formula is C22H30N4O. The fourth-order valence-electron chi connectivity index (χ4n) is 3.20. The second kappa shape index (κ2) is 8.51. The van der Waals surface area contributed by atoms with Crippen LogP contribution in [0.5, 0.6) is 0 Å². The number of rotatable bonds is 8. The van der Waals surface area contributed by atoms with Crippen LogP contribution in [-0.4, -0.2) is 30.0 Å². The van der Waals surface area contributed by atoms with Crippen LogP contribution in [0.25, 0.3) is 0 Å². The highest BCUT2D eigenvalue weighted by molar-refractivity contribution is 5.76. The number of amides is 1. The van der Waals surface area contributed by atoms with Crippen LogP contribution >= 0.6 is 0 Å². The fourth-order valence-corrected chi connectivity index (χ4v) is 3.20. The Labute approximate surface area is 162 Å². The van der Waals surface area contributed by atoms with E-state index in [1.54, 1.807) is 0 Å². The van der Waals surface area contributed by atoms with Crippen molar-refractivity contribution in [3.63, 3.8) is 0 Å². The van der Waals surface area contributed by atoms with Gasteiger partial charge in [-0.3, -0.25) is 4.79 Å². The van der Waals surface area contributed by atoms with Gasteiger partial charge in [0.05, 0.1) is 6.04 Å². The lowest BCUT2D eigenvalue weighted by atomic mass is 9.99. The van der Waals surface area contributed by atoms with Crippen LogP contribution in [0.3, 0.4) is 0 Å². The Hall–Kier alpha value is -2.43. The average Bonchev–Trinajstić information content (AvgIpc) is 3.46. The van der Waals surface area contributed by atoms with Crippen LogP contribution in [0.15, 0.2) is 30.3 Å². The van der Waals surface area contributed by atoms with Crippen LogP contribution in [0.1, 0.15) is 67.2 Å². The number of nitrogens with zero attached hydrogens (tertiary/aromatic N) is 3. The first-order valence-corrected chi connectivity index (χ1v) is 9.87. The van der Waals surface area contributed by atoms with Crippen molar-refractivity contribution in [2.45, 2.75) is 57.9 Å². The average molecular weight is 367 g/mol. The van der Waals surface area contributed by atoms with E-state index in [1.807, 2.05) is 38.1 Å². The molecule has 0 radical (unpaired) electrons. The molecule has 1 N–H and O–H groups in total. The summed E-state index contributed by atoms with van der Waals surface area (Å²) < 4.78 is 0. The van der Waals surface area contributed by atoms with Crippen LogP contribution in [-0.2, 0) is 11.2 Å². The molecule has 3 rings (SSSR count). The molecule has 144 valence electrons. The number of aromatic nitrogens is 2. The normalized spacial score (nSPS) is 14.7. The van der Waals surface area contributed by atoms with Gasteiger partial charge in [0.25, 0.3) is 0 Å². The van der Waals surface area contributed by atoms with E-state index >= 15 is 0 Å². The molecule has 1 heterocycles. The molecule has 27 heavy (non-hydrogen) atoms. The maximum Gasteiger partial charge on any atom is 0.220 e. The Bertz CT molecular complexity index is 778. The van der Waals surface area contributed by atoms with Crippen molar-refractivity contribution >= 4 is 11.7 Å². The second-order valence-corrected chi connectivity index (χ2v) is 7.73. The number of benzene rings is 1. The number of hydrogen-bond donors (Lipinski definition) is 1. The van der Waals surface area contributed by atoms with Gasteiger partial charge < -0.3 is 10.2 Å². The van der Waals surface area contributed by atoms with Crippen LogP contribution < -0.4 is 10.2 Å². The number of hydrogen-bond acceptors (Lipinski definition) is 4. The lowest BCUT2D eigenvalue weighted by molar-refractivity contribution is -0.121. The van der Waals surface area contributed by atoms with Crippen molar-refractivity contribution in [2.75, 3.05) is 19.0 Å². The molecule has 0 spiro atoms. The van der Waals surface area contributed by atoms with E-state index in [0.717, 1.165) is 29.3 Å². The van der Waals surface area contributed by atoms with Gasteiger partial charge in [0.15, 0.2) is 0 Å². The van der Waals surface area contributed by atoms with Gasteiger partial charge in [-0.25, -0.2) is 9.97 Å². The van der Waals surface area contributed by atoms with Gasteiger partial charge in [-0.05, 0) is 31.7 Å². The molecular weight excluding hydrogens is 336 g/mol. The lowest BCUT2D eigenvalue weighted by Crippen LogP contribution is -2.30. The second-order valence-electron chi connectivity index (χ2n) is 7.73. The van der Waals surface area contributed by atoms with E-state index in [1.165, 1.54) is 18.4 Å². The Morgan fingerprint density at radius 1 is 1.26 bits per heavy atom. The summed E-state index contributed by atoms with van der Waals surface area (Å²) in [6.07, 6.45) is 4.40. The number of carbonyl (C=O) groups excluding carboxylic acids is 1. The zero-order valence-electron chi connectivity index (χ0n) is 16.8. The smallest absolute Gasteiger partial charge is 0.220 e. The highest BCUT2D eigenvalue weighted by Gasteiger charge is 2.28.